The number of carboxylic acids is 1. The van der Waals surface area contributed by atoms with Gasteiger partial charge < -0.3 is 19.3 Å². The van der Waals surface area contributed by atoms with E-state index in [4.69, 9.17) is 14.4 Å². The van der Waals surface area contributed by atoms with Crippen LogP contribution in [0, 0.1) is 0 Å². The van der Waals surface area contributed by atoms with Crippen molar-refractivity contribution in [2.45, 2.75) is 39.3 Å². The predicted octanol–water partition coefficient (Wildman–Crippen LogP) is 2.30. The number of hydrogen-bond donors (Lipinski definition) is 1. The number of carbonyl (C=O) groups excluding carboxylic acids is 1. The summed E-state index contributed by atoms with van der Waals surface area (Å²) in [6, 6.07) is 0.809. The fourth-order valence-corrected chi connectivity index (χ4v) is 1.27. The minimum absolute atomic E-state index is 0.195. The summed E-state index contributed by atoms with van der Waals surface area (Å²) < 4.78 is 10.1. The minimum atomic E-state index is -1.18. The van der Waals surface area contributed by atoms with Crippen LogP contribution in [-0.2, 0) is 4.74 Å². The number of hydrogen-bond acceptors (Lipinski definition) is 5. The van der Waals surface area contributed by atoms with Gasteiger partial charge in [-0.1, -0.05) is 5.16 Å². The molecular formula is C12H18N2O5. The van der Waals surface area contributed by atoms with Gasteiger partial charge in [-0.25, -0.2) is 9.59 Å². The summed E-state index contributed by atoms with van der Waals surface area (Å²) in [4.78, 5) is 23.9. The Kier molecular flexibility index (Phi) is 4.18. The van der Waals surface area contributed by atoms with Gasteiger partial charge in [-0.3, -0.25) is 0 Å². The molecule has 0 saturated carbocycles. The molecule has 7 nitrogen and oxygen atoms in total. The van der Waals surface area contributed by atoms with E-state index in [1.165, 1.54) is 11.0 Å². The molecule has 106 valence electrons. The Morgan fingerprint density at radius 3 is 2.47 bits per heavy atom. The van der Waals surface area contributed by atoms with Crippen LogP contribution in [0.25, 0.3) is 0 Å². The second kappa shape index (κ2) is 5.29. The van der Waals surface area contributed by atoms with E-state index in [0.29, 0.717) is 0 Å². The van der Waals surface area contributed by atoms with E-state index in [-0.39, 0.29) is 11.5 Å². The van der Waals surface area contributed by atoms with E-state index in [2.05, 4.69) is 5.16 Å². The maximum absolute atomic E-state index is 11.8. The monoisotopic (exact) mass is 270 g/mol. The van der Waals surface area contributed by atoms with Crippen LogP contribution in [0.2, 0.25) is 0 Å². The zero-order valence-corrected chi connectivity index (χ0v) is 11.6. The third-order valence-electron chi connectivity index (χ3n) is 2.42. The number of aromatic carboxylic acids is 1. The molecular weight excluding hydrogens is 252 g/mol. The van der Waals surface area contributed by atoms with Gasteiger partial charge in [0.05, 0.1) is 6.04 Å². The van der Waals surface area contributed by atoms with Crippen molar-refractivity contribution in [3.63, 3.8) is 0 Å². The van der Waals surface area contributed by atoms with Crippen molar-refractivity contribution in [1.29, 1.82) is 0 Å². The number of aromatic nitrogens is 1. The normalized spacial score (nSPS) is 12.9. The van der Waals surface area contributed by atoms with Crippen LogP contribution >= 0.6 is 0 Å². The Labute approximate surface area is 111 Å². The molecule has 1 atom stereocenters. The molecule has 0 radical (unpaired) electrons. The molecule has 0 fully saturated rings. The first-order valence-electron chi connectivity index (χ1n) is 5.77. The van der Waals surface area contributed by atoms with Gasteiger partial charge in [0.25, 0.3) is 0 Å². The Morgan fingerprint density at radius 2 is 2.05 bits per heavy atom. The smallest absolute Gasteiger partial charge is 0.410 e. The largest absolute Gasteiger partial charge is 0.476 e. The average molecular weight is 270 g/mol. The number of nitrogens with zero attached hydrogens (tertiary/aromatic N) is 2. The Balaban J connectivity index is 2.78. The van der Waals surface area contributed by atoms with Gasteiger partial charge in [-0.2, -0.15) is 0 Å². The molecule has 1 amide bonds. The minimum Gasteiger partial charge on any atom is -0.476 e. The van der Waals surface area contributed by atoms with Gasteiger partial charge in [-0.15, -0.1) is 0 Å². The number of carbonyl (C=O) groups is 2. The second-order valence-electron chi connectivity index (χ2n) is 5.19. The average Bonchev–Trinajstić information content (AvgIpc) is 2.73. The highest BCUT2D eigenvalue weighted by Crippen LogP contribution is 2.21. The van der Waals surface area contributed by atoms with E-state index in [0.717, 1.165) is 0 Å². The molecule has 0 aliphatic rings. The molecule has 0 aromatic carbocycles. The van der Waals surface area contributed by atoms with Crippen LogP contribution in [-0.4, -0.2) is 39.9 Å². The maximum atomic E-state index is 11.8. The SMILES string of the molecule is CC(c1cc(C(=O)O)no1)N(C)C(=O)OC(C)(C)C. The first kappa shape index (κ1) is 15.0. The molecule has 0 saturated heterocycles. The van der Waals surface area contributed by atoms with E-state index in [1.54, 1.807) is 34.7 Å². The third kappa shape index (κ3) is 3.97. The molecule has 1 unspecified atom stereocenters. The topological polar surface area (TPSA) is 92.9 Å². The van der Waals surface area contributed by atoms with E-state index < -0.39 is 23.7 Å². The lowest BCUT2D eigenvalue weighted by Gasteiger charge is -2.27. The summed E-state index contributed by atoms with van der Waals surface area (Å²) in [6.07, 6.45) is -0.520. The molecule has 19 heavy (non-hydrogen) atoms. The highest BCUT2D eigenvalue weighted by Gasteiger charge is 2.26. The Bertz CT molecular complexity index is 475. The third-order valence-corrected chi connectivity index (χ3v) is 2.42. The number of ether oxygens (including phenoxy) is 1. The molecule has 7 heteroatoms. The zero-order chi connectivity index (χ0) is 14.8. The summed E-state index contributed by atoms with van der Waals surface area (Å²) in [7, 11) is 1.54. The van der Waals surface area contributed by atoms with E-state index >= 15 is 0 Å². The molecule has 1 N–H and O–H groups in total. The van der Waals surface area contributed by atoms with Crippen LogP contribution in [0.1, 0.15) is 50.0 Å². The van der Waals surface area contributed by atoms with E-state index in [1.807, 2.05) is 0 Å². The van der Waals surface area contributed by atoms with Crippen LogP contribution in [0.3, 0.4) is 0 Å². The van der Waals surface area contributed by atoms with Crippen LogP contribution in [0.4, 0.5) is 4.79 Å². The Hall–Kier alpha value is -2.05. The first-order chi connectivity index (χ1) is 8.61. The summed E-state index contributed by atoms with van der Waals surface area (Å²) in [5.74, 6) is -0.895. The van der Waals surface area contributed by atoms with Crippen LogP contribution < -0.4 is 0 Å². The quantitative estimate of drug-likeness (QED) is 0.905. The highest BCUT2D eigenvalue weighted by molar-refractivity contribution is 5.85. The van der Waals surface area contributed by atoms with Gasteiger partial charge >= 0.3 is 12.1 Å². The summed E-state index contributed by atoms with van der Waals surface area (Å²) in [5.41, 5.74) is -0.793. The van der Waals surface area contributed by atoms with Gasteiger partial charge in [0.1, 0.15) is 5.60 Å². The fourth-order valence-electron chi connectivity index (χ4n) is 1.27. The lowest BCUT2D eigenvalue weighted by molar-refractivity contribution is 0.0212. The molecule has 1 aromatic rings. The first-order valence-corrected chi connectivity index (χ1v) is 5.77. The maximum Gasteiger partial charge on any atom is 0.410 e. The molecule has 1 aromatic heterocycles. The fraction of sp³-hybridized carbons (Fsp3) is 0.583. The molecule has 0 spiro atoms. The summed E-state index contributed by atoms with van der Waals surface area (Å²) in [5, 5.41) is 12.2. The van der Waals surface area contributed by atoms with Crippen molar-refractivity contribution in [2.75, 3.05) is 7.05 Å². The highest BCUT2D eigenvalue weighted by atomic mass is 16.6. The Morgan fingerprint density at radius 1 is 1.47 bits per heavy atom. The summed E-state index contributed by atoms with van der Waals surface area (Å²) in [6.45, 7) is 6.98. The molecule has 0 aliphatic carbocycles. The van der Waals surface area contributed by atoms with Crippen molar-refractivity contribution < 1.29 is 24.0 Å². The van der Waals surface area contributed by atoms with Gasteiger partial charge in [0.2, 0.25) is 0 Å². The van der Waals surface area contributed by atoms with Crippen molar-refractivity contribution in [3.8, 4) is 0 Å². The number of rotatable bonds is 3. The van der Waals surface area contributed by atoms with Crippen molar-refractivity contribution in [3.05, 3.63) is 17.5 Å². The van der Waals surface area contributed by atoms with E-state index in [9.17, 15) is 9.59 Å². The molecule has 1 heterocycles. The van der Waals surface area contributed by atoms with Gasteiger partial charge in [-0.05, 0) is 27.7 Å². The molecule has 1 rings (SSSR count). The van der Waals surface area contributed by atoms with Gasteiger partial charge in [0.15, 0.2) is 11.5 Å². The predicted molar refractivity (Wildman–Crippen MR) is 65.9 cm³/mol. The number of amides is 1. The molecule has 0 bridgehead atoms. The van der Waals surface area contributed by atoms with Crippen molar-refractivity contribution in [2.24, 2.45) is 0 Å². The lowest BCUT2D eigenvalue weighted by atomic mass is 10.2. The zero-order valence-electron chi connectivity index (χ0n) is 11.6. The number of carboxylic acid groups (broad SMARTS) is 1. The van der Waals surface area contributed by atoms with Gasteiger partial charge in [0, 0.05) is 13.1 Å². The van der Waals surface area contributed by atoms with Crippen LogP contribution in [0.5, 0.6) is 0 Å². The van der Waals surface area contributed by atoms with Crippen molar-refractivity contribution >= 4 is 12.1 Å². The second-order valence-corrected chi connectivity index (χ2v) is 5.19. The standard InChI is InChI=1S/C12H18N2O5/c1-7(9-6-8(10(15)16)13-19-9)14(5)11(17)18-12(2,3)4/h6-7H,1-5H3,(H,15,16). The summed E-state index contributed by atoms with van der Waals surface area (Å²) >= 11 is 0. The van der Waals surface area contributed by atoms with Crippen molar-refractivity contribution in [1.82, 2.24) is 10.1 Å². The van der Waals surface area contributed by atoms with Crippen LogP contribution in [0.15, 0.2) is 10.6 Å². The lowest BCUT2D eigenvalue weighted by Crippen LogP contribution is -2.35. The molecule has 0 aliphatic heterocycles.